The molecule has 1 aromatic carbocycles. The van der Waals surface area contributed by atoms with Gasteiger partial charge in [-0.15, -0.1) is 0 Å². The Bertz CT molecular complexity index is 537. The molecule has 3 nitrogen and oxygen atoms in total. The molecular formula is C16H21BrN2O. The monoisotopic (exact) mass is 336 g/mol. The summed E-state index contributed by atoms with van der Waals surface area (Å²) in [6.07, 6.45) is 3.51. The second-order valence-corrected chi connectivity index (χ2v) is 6.21. The first kappa shape index (κ1) is 15.1. The number of nitrogens with zero attached hydrogens (tertiary/aromatic N) is 1. The molecule has 1 aromatic heterocycles. The molecule has 1 heterocycles. The highest BCUT2D eigenvalue weighted by Gasteiger charge is 2.10. The highest BCUT2D eigenvalue weighted by atomic mass is 79.9. The van der Waals surface area contributed by atoms with Crippen LogP contribution in [0.5, 0.6) is 0 Å². The minimum absolute atomic E-state index is 0.477. The lowest BCUT2D eigenvalue weighted by molar-refractivity contribution is 0.563. The second kappa shape index (κ2) is 6.95. The van der Waals surface area contributed by atoms with Crippen molar-refractivity contribution in [1.29, 1.82) is 0 Å². The topological polar surface area (TPSA) is 28.4 Å². The molecule has 0 bridgehead atoms. The van der Waals surface area contributed by atoms with Crippen LogP contribution in [0.2, 0.25) is 0 Å². The van der Waals surface area contributed by atoms with E-state index in [1.807, 2.05) is 6.07 Å². The number of nitrogens with one attached hydrogen (secondary N) is 1. The quantitative estimate of drug-likeness (QED) is 0.857. The molecule has 0 spiro atoms. The van der Waals surface area contributed by atoms with Gasteiger partial charge in [0.1, 0.15) is 0 Å². The number of anilines is 1. The number of halogens is 1. The van der Waals surface area contributed by atoms with Gasteiger partial charge in [-0.05, 0) is 23.8 Å². The van der Waals surface area contributed by atoms with Gasteiger partial charge in [0.05, 0.1) is 12.5 Å². The highest BCUT2D eigenvalue weighted by Crippen LogP contribution is 2.26. The first-order valence-corrected chi connectivity index (χ1v) is 7.59. The second-order valence-electron chi connectivity index (χ2n) is 5.30. The Hall–Kier alpha value is -1.26. The fraction of sp³-hybridized carbons (Fsp3) is 0.375. The summed E-state index contributed by atoms with van der Waals surface area (Å²) in [5.74, 6) is 0. The van der Waals surface area contributed by atoms with E-state index in [1.165, 1.54) is 16.8 Å². The van der Waals surface area contributed by atoms with E-state index in [-0.39, 0.29) is 0 Å². The SMILES string of the molecule is CC(C)NCc1ccc(Br)cc1N(C)Cc1ccoc1. The van der Waals surface area contributed by atoms with E-state index in [2.05, 4.69) is 65.2 Å². The van der Waals surface area contributed by atoms with Crippen LogP contribution < -0.4 is 10.2 Å². The summed E-state index contributed by atoms with van der Waals surface area (Å²) in [5.41, 5.74) is 3.71. The number of hydrogen-bond donors (Lipinski definition) is 1. The molecule has 0 saturated carbocycles. The normalized spacial score (nSPS) is 11.1. The standard InChI is InChI=1S/C16H21BrN2O/c1-12(2)18-9-14-4-5-15(17)8-16(14)19(3)10-13-6-7-20-11-13/h4-8,11-12,18H,9-10H2,1-3H3. The molecule has 0 radical (unpaired) electrons. The summed E-state index contributed by atoms with van der Waals surface area (Å²) in [5, 5.41) is 3.47. The number of hydrogen-bond acceptors (Lipinski definition) is 3. The van der Waals surface area contributed by atoms with Crippen molar-refractivity contribution in [1.82, 2.24) is 5.32 Å². The molecule has 4 heteroatoms. The van der Waals surface area contributed by atoms with Crippen LogP contribution in [-0.2, 0) is 13.1 Å². The van der Waals surface area contributed by atoms with Crippen LogP contribution in [0.15, 0.2) is 45.7 Å². The van der Waals surface area contributed by atoms with E-state index < -0.39 is 0 Å². The Balaban J connectivity index is 2.17. The fourth-order valence-corrected chi connectivity index (χ4v) is 2.45. The van der Waals surface area contributed by atoms with Crippen LogP contribution in [0.3, 0.4) is 0 Å². The largest absolute Gasteiger partial charge is 0.472 e. The van der Waals surface area contributed by atoms with E-state index in [0.717, 1.165) is 17.6 Å². The van der Waals surface area contributed by atoms with Crippen molar-refractivity contribution in [2.75, 3.05) is 11.9 Å². The zero-order valence-corrected chi connectivity index (χ0v) is 13.8. The van der Waals surface area contributed by atoms with Crippen molar-refractivity contribution < 1.29 is 4.42 Å². The third-order valence-electron chi connectivity index (χ3n) is 3.16. The molecule has 0 fully saturated rings. The van der Waals surface area contributed by atoms with Crippen LogP contribution in [0.4, 0.5) is 5.69 Å². The van der Waals surface area contributed by atoms with Gasteiger partial charge < -0.3 is 14.6 Å². The molecular weight excluding hydrogens is 316 g/mol. The van der Waals surface area contributed by atoms with E-state index in [4.69, 9.17) is 4.42 Å². The summed E-state index contributed by atoms with van der Waals surface area (Å²) < 4.78 is 6.23. The summed E-state index contributed by atoms with van der Waals surface area (Å²) in [6, 6.07) is 8.90. The maximum atomic E-state index is 5.14. The lowest BCUT2D eigenvalue weighted by Gasteiger charge is -2.23. The maximum absolute atomic E-state index is 5.14. The van der Waals surface area contributed by atoms with Crippen molar-refractivity contribution >= 4 is 21.6 Å². The van der Waals surface area contributed by atoms with Crippen LogP contribution in [-0.4, -0.2) is 13.1 Å². The summed E-state index contributed by atoms with van der Waals surface area (Å²) in [4.78, 5) is 2.24. The van der Waals surface area contributed by atoms with Gasteiger partial charge >= 0.3 is 0 Å². The van der Waals surface area contributed by atoms with Crippen molar-refractivity contribution in [2.24, 2.45) is 0 Å². The molecule has 0 saturated heterocycles. The van der Waals surface area contributed by atoms with Crippen molar-refractivity contribution in [2.45, 2.75) is 33.0 Å². The Morgan fingerprint density at radius 1 is 1.30 bits per heavy atom. The molecule has 0 aliphatic rings. The first-order chi connectivity index (χ1) is 9.56. The van der Waals surface area contributed by atoms with E-state index >= 15 is 0 Å². The molecule has 0 unspecified atom stereocenters. The zero-order chi connectivity index (χ0) is 14.5. The number of benzene rings is 1. The lowest BCUT2D eigenvalue weighted by Crippen LogP contribution is -2.24. The van der Waals surface area contributed by atoms with Crippen LogP contribution >= 0.6 is 15.9 Å². The van der Waals surface area contributed by atoms with Crippen LogP contribution in [0.1, 0.15) is 25.0 Å². The predicted octanol–water partition coefficient (Wildman–Crippen LogP) is 4.18. The smallest absolute Gasteiger partial charge is 0.0952 e. The maximum Gasteiger partial charge on any atom is 0.0952 e. The van der Waals surface area contributed by atoms with Crippen molar-refractivity contribution in [3.63, 3.8) is 0 Å². The van der Waals surface area contributed by atoms with Gasteiger partial charge in [0.15, 0.2) is 0 Å². The third-order valence-corrected chi connectivity index (χ3v) is 3.65. The summed E-state index contributed by atoms with van der Waals surface area (Å²) in [7, 11) is 2.10. The zero-order valence-electron chi connectivity index (χ0n) is 12.2. The van der Waals surface area contributed by atoms with Gasteiger partial charge in [-0.2, -0.15) is 0 Å². The predicted molar refractivity (Wildman–Crippen MR) is 86.9 cm³/mol. The van der Waals surface area contributed by atoms with Gasteiger partial charge in [0, 0.05) is 41.9 Å². The minimum atomic E-state index is 0.477. The fourth-order valence-electron chi connectivity index (χ4n) is 2.10. The summed E-state index contributed by atoms with van der Waals surface area (Å²) >= 11 is 3.56. The molecule has 0 aliphatic carbocycles. The van der Waals surface area contributed by atoms with Crippen molar-refractivity contribution in [3.8, 4) is 0 Å². The number of rotatable bonds is 6. The van der Waals surface area contributed by atoms with E-state index in [0.29, 0.717) is 6.04 Å². The van der Waals surface area contributed by atoms with Crippen LogP contribution in [0, 0.1) is 0 Å². The summed E-state index contributed by atoms with van der Waals surface area (Å²) in [6.45, 7) is 6.03. The van der Waals surface area contributed by atoms with Crippen LogP contribution in [0.25, 0.3) is 0 Å². The Morgan fingerprint density at radius 2 is 2.10 bits per heavy atom. The van der Waals surface area contributed by atoms with E-state index in [1.54, 1.807) is 12.5 Å². The Kier molecular flexibility index (Phi) is 5.26. The van der Waals surface area contributed by atoms with Gasteiger partial charge in [-0.25, -0.2) is 0 Å². The third kappa shape index (κ3) is 4.12. The molecule has 1 N–H and O–H groups in total. The number of furan rings is 1. The highest BCUT2D eigenvalue weighted by molar-refractivity contribution is 9.10. The molecule has 20 heavy (non-hydrogen) atoms. The average molecular weight is 337 g/mol. The van der Waals surface area contributed by atoms with Crippen molar-refractivity contribution in [3.05, 3.63) is 52.4 Å². The Morgan fingerprint density at radius 3 is 2.75 bits per heavy atom. The van der Waals surface area contributed by atoms with Gasteiger partial charge in [-0.3, -0.25) is 0 Å². The molecule has 2 aromatic rings. The average Bonchev–Trinajstić information content (AvgIpc) is 2.89. The van der Waals surface area contributed by atoms with Gasteiger partial charge in [-0.1, -0.05) is 35.8 Å². The molecule has 108 valence electrons. The first-order valence-electron chi connectivity index (χ1n) is 6.80. The van der Waals surface area contributed by atoms with Gasteiger partial charge in [0.25, 0.3) is 0 Å². The molecule has 0 amide bonds. The van der Waals surface area contributed by atoms with E-state index in [9.17, 15) is 0 Å². The Labute approximate surface area is 129 Å². The molecule has 2 rings (SSSR count). The molecule has 0 atom stereocenters. The molecule has 0 aliphatic heterocycles. The lowest BCUT2D eigenvalue weighted by atomic mass is 10.1. The van der Waals surface area contributed by atoms with Gasteiger partial charge in [0.2, 0.25) is 0 Å². The minimum Gasteiger partial charge on any atom is -0.472 e.